The van der Waals surface area contributed by atoms with Gasteiger partial charge in [-0.1, -0.05) is 34.6 Å². The van der Waals surface area contributed by atoms with Crippen molar-refractivity contribution in [3.05, 3.63) is 10.6 Å². The molecule has 0 saturated carbocycles. The van der Waals surface area contributed by atoms with Gasteiger partial charge in [0.1, 0.15) is 0 Å². The van der Waals surface area contributed by atoms with Gasteiger partial charge < -0.3 is 10.2 Å². The predicted octanol–water partition coefficient (Wildman–Crippen LogP) is 3.54. The molecule has 0 aromatic carbocycles. The fraction of sp³-hybridized carbons (Fsp3) is 0.812. The van der Waals surface area contributed by atoms with Crippen molar-refractivity contribution < 1.29 is 0 Å². The Morgan fingerprint density at radius 2 is 1.95 bits per heavy atom. The molecule has 1 fully saturated rings. The van der Waals surface area contributed by atoms with Crippen molar-refractivity contribution in [2.75, 3.05) is 24.5 Å². The van der Waals surface area contributed by atoms with Gasteiger partial charge in [0, 0.05) is 24.5 Å². The molecule has 1 aliphatic rings. The molecule has 2 heterocycles. The minimum Gasteiger partial charge on any atom is -0.348 e. The smallest absolute Gasteiger partial charge is 0.185 e. The summed E-state index contributed by atoms with van der Waals surface area (Å²) < 4.78 is 0. The first kappa shape index (κ1) is 15.8. The van der Waals surface area contributed by atoms with Crippen molar-refractivity contribution >= 4 is 16.5 Å². The van der Waals surface area contributed by atoms with Crippen LogP contribution < -0.4 is 10.2 Å². The highest BCUT2D eigenvalue weighted by Crippen LogP contribution is 2.32. The lowest BCUT2D eigenvalue weighted by molar-refractivity contribution is 0.494. The SMILES string of the molecule is CCc1nc(N2CC(C)C(C)C2)sc1CNCC(C)C. The van der Waals surface area contributed by atoms with Crippen molar-refractivity contribution in [3.63, 3.8) is 0 Å². The molecule has 2 unspecified atom stereocenters. The Labute approximate surface area is 127 Å². The van der Waals surface area contributed by atoms with Crippen LogP contribution in [0.3, 0.4) is 0 Å². The maximum Gasteiger partial charge on any atom is 0.185 e. The zero-order chi connectivity index (χ0) is 14.7. The molecule has 2 atom stereocenters. The molecular formula is C16H29N3S. The molecule has 4 heteroatoms. The lowest BCUT2D eigenvalue weighted by Gasteiger charge is -2.13. The van der Waals surface area contributed by atoms with E-state index in [4.69, 9.17) is 4.98 Å². The van der Waals surface area contributed by atoms with Gasteiger partial charge in [-0.25, -0.2) is 4.98 Å². The largest absolute Gasteiger partial charge is 0.348 e. The van der Waals surface area contributed by atoms with Crippen LogP contribution in [0.4, 0.5) is 5.13 Å². The molecule has 0 radical (unpaired) electrons. The molecule has 1 saturated heterocycles. The molecule has 1 aromatic rings. The number of aryl methyl sites for hydroxylation is 1. The molecule has 1 aromatic heterocycles. The van der Waals surface area contributed by atoms with Gasteiger partial charge in [0.05, 0.1) is 5.69 Å². The van der Waals surface area contributed by atoms with E-state index < -0.39 is 0 Å². The second-order valence-corrected chi connectivity index (χ2v) is 7.67. The lowest BCUT2D eigenvalue weighted by atomic mass is 10.0. The first-order valence-electron chi connectivity index (χ1n) is 7.95. The van der Waals surface area contributed by atoms with Crippen LogP contribution in [0.5, 0.6) is 0 Å². The van der Waals surface area contributed by atoms with Crippen molar-refractivity contribution in [2.24, 2.45) is 17.8 Å². The average molecular weight is 295 g/mol. The monoisotopic (exact) mass is 295 g/mol. The van der Waals surface area contributed by atoms with Crippen LogP contribution in [0.25, 0.3) is 0 Å². The Hall–Kier alpha value is -0.610. The van der Waals surface area contributed by atoms with Gasteiger partial charge in [0.25, 0.3) is 0 Å². The Morgan fingerprint density at radius 3 is 2.50 bits per heavy atom. The summed E-state index contributed by atoms with van der Waals surface area (Å²) in [5.74, 6) is 2.27. The summed E-state index contributed by atoms with van der Waals surface area (Å²) in [4.78, 5) is 8.79. The van der Waals surface area contributed by atoms with Crippen molar-refractivity contribution in [1.82, 2.24) is 10.3 Å². The highest BCUT2D eigenvalue weighted by Gasteiger charge is 2.28. The van der Waals surface area contributed by atoms with Gasteiger partial charge >= 0.3 is 0 Å². The molecule has 0 aliphatic carbocycles. The van der Waals surface area contributed by atoms with E-state index in [2.05, 4.69) is 44.8 Å². The fourth-order valence-electron chi connectivity index (χ4n) is 2.68. The van der Waals surface area contributed by atoms with E-state index in [1.165, 1.54) is 15.7 Å². The summed E-state index contributed by atoms with van der Waals surface area (Å²) >= 11 is 1.89. The highest BCUT2D eigenvalue weighted by atomic mass is 32.1. The highest BCUT2D eigenvalue weighted by molar-refractivity contribution is 7.15. The van der Waals surface area contributed by atoms with Crippen LogP contribution >= 0.6 is 11.3 Å². The number of hydrogen-bond acceptors (Lipinski definition) is 4. The van der Waals surface area contributed by atoms with Crippen molar-refractivity contribution in [3.8, 4) is 0 Å². The molecule has 0 spiro atoms. The molecule has 1 aliphatic heterocycles. The van der Waals surface area contributed by atoms with Crippen LogP contribution in [-0.4, -0.2) is 24.6 Å². The number of aromatic nitrogens is 1. The zero-order valence-corrected chi connectivity index (χ0v) is 14.4. The Bertz CT molecular complexity index is 417. The summed E-state index contributed by atoms with van der Waals surface area (Å²) in [5, 5.41) is 4.78. The predicted molar refractivity (Wildman–Crippen MR) is 88.6 cm³/mol. The van der Waals surface area contributed by atoms with Crippen molar-refractivity contribution in [1.29, 1.82) is 0 Å². The Balaban J connectivity index is 2.03. The summed E-state index contributed by atoms with van der Waals surface area (Å²) in [7, 11) is 0. The normalized spacial score (nSPS) is 23.0. The van der Waals surface area contributed by atoms with E-state index in [9.17, 15) is 0 Å². The molecule has 0 bridgehead atoms. The Morgan fingerprint density at radius 1 is 1.30 bits per heavy atom. The first-order valence-corrected chi connectivity index (χ1v) is 8.77. The molecule has 3 nitrogen and oxygen atoms in total. The third-order valence-corrected chi connectivity index (χ3v) is 5.36. The van der Waals surface area contributed by atoms with E-state index in [0.717, 1.165) is 44.4 Å². The average Bonchev–Trinajstić information content (AvgIpc) is 2.94. The van der Waals surface area contributed by atoms with Gasteiger partial charge in [-0.2, -0.15) is 0 Å². The number of nitrogens with zero attached hydrogens (tertiary/aromatic N) is 2. The van der Waals surface area contributed by atoms with Crippen LogP contribution in [0, 0.1) is 17.8 Å². The van der Waals surface area contributed by atoms with Gasteiger partial charge in [0.2, 0.25) is 0 Å². The molecule has 20 heavy (non-hydrogen) atoms. The number of rotatable bonds is 6. The minimum absolute atomic E-state index is 0.702. The number of thiazole rings is 1. The molecular weight excluding hydrogens is 266 g/mol. The van der Waals surface area contributed by atoms with Gasteiger partial charge in [-0.3, -0.25) is 0 Å². The standard InChI is InChI=1S/C16H29N3S/c1-6-14-15(8-17-7-11(2)3)20-16(18-14)19-9-12(4)13(5)10-19/h11-13,17H,6-10H2,1-5H3. The molecule has 2 rings (SSSR count). The third kappa shape index (κ3) is 3.73. The van der Waals surface area contributed by atoms with Crippen molar-refractivity contribution in [2.45, 2.75) is 47.6 Å². The van der Waals surface area contributed by atoms with E-state index >= 15 is 0 Å². The number of nitrogens with one attached hydrogen (secondary N) is 1. The molecule has 0 amide bonds. The molecule has 1 N–H and O–H groups in total. The summed E-state index contributed by atoms with van der Waals surface area (Å²) in [6, 6.07) is 0. The quantitative estimate of drug-likeness (QED) is 0.870. The van der Waals surface area contributed by atoms with E-state index in [0.29, 0.717) is 5.92 Å². The van der Waals surface area contributed by atoms with E-state index in [1.54, 1.807) is 0 Å². The third-order valence-electron chi connectivity index (χ3n) is 4.20. The fourth-order valence-corrected chi connectivity index (χ4v) is 3.82. The van der Waals surface area contributed by atoms with Crippen LogP contribution in [-0.2, 0) is 13.0 Å². The minimum atomic E-state index is 0.702. The maximum atomic E-state index is 4.88. The summed E-state index contributed by atoms with van der Waals surface area (Å²) in [5.41, 5.74) is 1.29. The van der Waals surface area contributed by atoms with Crippen LogP contribution in [0.1, 0.15) is 45.2 Å². The summed E-state index contributed by atoms with van der Waals surface area (Å²) in [6.07, 6.45) is 1.04. The topological polar surface area (TPSA) is 28.2 Å². The van der Waals surface area contributed by atoms with Gasteiger partial charge in [0.15, 0.2) is 5.13 Å². The maximum absolute atomic E-state index is 4.88. The van der Waals surface area contributed by atoms with Gasteiger partial charge in [-0.15, -0.1) is 11.3 Å². The number of hydrogen-bond donors (Lipinski definition) is 1. The van der Waals surface area contributed by atoms with E-state index in [-0.39, 0.29) is 0 Å². The lowest BCUT2D eigenvalue weighted by Crippen LogP contribution is -2.19. The van der Waals surface area contributed by atoms with Gasteiger partial charge in [-0.05, 0) is 30.7 Å². The number of anilines is 1. The second-order valence-electron chi connectivity index (χ2n) is 6.60. The zero-order valence-electron chi connectivity index (χ0n) is 13.6. The Kier molecular flexibility index (Phi) is 5.44. The van der Waals surface area contributed by atoms with Crippen LogP contribution in [0.2, 0.25) is 0 Å². The first-order chi connectivity index (χ1) is 9.51. The summed E-state index contributed by atoms with van der Waals surface area (Å²) in [6.45, 7) is 15.8. The van der Waals surface area contributed by atoms with Crippen LogP contribution in [0.15, 0.2) is 0 Å². The molecule has 114 valence electrons. The van der Waals surface area contributed by atoms with E-state index in [1.807, 2.05) is 11.3 Å². The second kappa shape index (κ2) is 6.90.